The highest BCUT2D eigenvalue weighted by molar-refractivity contribution is 7.08. The van der Waals surface area contributed by atoms with Gasteiger partial charge in [0.25, 0.3) is 0 Å². The van der Waals surface area contributed by atoms with Crippen LogP contribution in [0.1, 0.15) is 50.2 Å². The van der Waals surface area contributed by atoms with Crippen LogP contribution in [0.15, 0.2) is 52.4 Å². The molecule has 1 unspecified atom stereocenters. The van der Waals surface area contributed by atoms with Crippen molar-refractivity contribution in [1.82, 2.24) is 0 Å². The summed E-state index contributed by atoms with van der Waals surface area (Å²) < 4.78 is 39.7. The molecule has 0 N–H and O–H groups in total. The van der Waals surface area contributed by atoms with Crippen molar-refractivity contribution < 1.29 is 22.8 Å². The largest absolute Gasteiger partial charge is 0.416 e. The summed E-state index contributed by atoms with van der Waals surface area (Å²) in [5.74, 6) is -0.656. The van der Waals surface area contributed by atoms with Crippen LogP contribution in [0, 0.1) is 5.41 Å². The van der Waals surface area contributed by atoms with Crippen LogP contribution in [0.2, 0.25) is 0 Å². The molecule has 1 aliphatic carbocycles. The lowest BCUT2D eigenvalue weighted by Gasteiger charge is -2.42. The molecule has 2 aliphatic rings. The zero-order chi connectivity index (χ0) is 21.0. The summed E-state index contributed by atoms with van der Waals surface area (Å²) in [6.45, 7) is 3.88. The number of carbonyl (C=O) groups is 2. The van der Waals surface area contributed by atoms with Gasteiger partial charge in [-0.15, -0.1) is 0 Å². The second kappa shape index (κ2) is 6.83. The fourth-order valence-corrected chi connectivity index (χ4v) is 5.01. The molecule has 1 amide bonds. The molecular weight excluding hydrogens is 399 g/mol. The molecular formula is C22H20F3NO2S. The minimum Gasteiger partial charge on any atom is -0.294 e. The highest BCUT2D eigenvalue weighted by Gasteiger charge is 2.44. The third kappa shape index (κ3) is 3.64. The average molecular weight is 419 g/mol. The molecule has 1 aromatic heterocycles. The number of thiophene rings is 1. The number of carbonyl (C=O) groups excluding carboxylic acids is 2. The smallest absolute Gasteiger partial charge is 0.294 e. The summed E-state index contributed by atoms with van der Waals surface area (Å²) >= 11 is 1.49. The third-order valence-electron chi connectivity index (χ3n) is 5.52. The average Bonchev–Trinajstić information content (AvgIpc) is 3.13. The molecule has 1 aliphatic heterocycles. The molecule has 0 bridgehead atoms. The molecule has 3 nitrogen and oxygen atoms in total. The third-order valence-corrected chi connectivity index (χ3v) is 6.22. The monoisotopic (exact) mass is 419 g/mol. The van der Waals surface area contributed by atoms with Crippen molar-refractivity contribution >= 4 is 28.7 Å². The second-order valence-corrected chi connectivity index (χ2v) is 9.17. The zero-order valence-corrected chi connectivity index (χ0v) is 16.9. The summed E-state index contributed by atoms with van der Waals surface area (Å²) in [6.07, 6.45) is -3.63. The standard InChI is InChI=1S/C22H20F3NO2S/c1-21(2)10-17-20(18(27)11-21)16(13-6-7-29-12-13)9-19(28)26(17)15-5-3-4-14(8-15)22(23,24)25/h3-8,12,16H,9-11H2,1-2H3. The second-order valence-electron chi connectivity index (χ2n) is 8.39. The number of anilines is 1. The van der Waals surface area contributed by atoms with E-state index in [-0.39, 0.29) is 35.1 Å². The summed E-state index contributed by atoms with van der Waals surface area (Å²) in [7, 11) is 0. The lowest BCUT2D eigenvalue weighted by atomic mass is 9.69. The number of hydrogen-bond donors (Lipinski definition) is 0. The van der Waals surface area contributed by atoms with Gasteiger partial charge in [-0.25, -0.2) is 0 Å². The number of benzene rings is 1. The Balaban J connectivity index is 1.89. The van der Waals surface area contributed by atoms with Gasteiger partial charge >= 0.3 is 6.18 Å². The van der Waals surface area contributed by atoms with Gasteiger partial charge < -0.3 is 0 Å². The topological polar surface area (TPSA) is 37.4 Å². The summed E-state index contributed by atoms with van der Waals surface area (Å²) in [6, 6.07) is 6.66. The van der Waals surface area contributed by atoms with E-state index in [1.165, 1.54) is 28.4 Å². The van der Waals surface area contributed by atoms with Crippen molar-refractivity contribution in [2.75, 3.05) is 4.90 Å². The zero-order valence-electron chi connectivity index (χ0n) is 16.0. The Hall–Kier alpha value is -2.41. The summed E-state index contributed by atoms with van der Waals surface area (Å²) in [5, 5.41) is 3.83. The fourth-order valence-electron chi connectivity index (χ4n) is 4.29. The molecule has 152 valence electrons. The maximum absolute atomic E-state index is 13.2. The fraction of sp³-hybridized carbons (Fsp3) is 0.364. The van der Waals surface area contributed by atoms with E-state index in [0.29, 0.717) is 24.1 Å². The van der Waals surface area contributed by atoms with E-state index in [9.17, 15) is 22.8 Å². The minimum absolute atomic E-state index is 0.0306. The van der Waals surface area contributed by atoms with Crippen LogP contribution in [0.25, 0.3) is 0 Å². The van der Waals surface area contributed by atoms with Crippen LogP contribution in [-0.4, -0.2) is 11.7 Å². The molecule has 4 rings (SSSR count). The molecule has 2 aromatic rings. The number of amides is 1. The van der Waals surface area contributed by atoms with Crippen molar-refractivity contribution in [2.45, 2.75) is 45.2 Å². The van der Waals surface area contributed by atoms with Gasteiger partial charge in [-0.2, -0.15) is 24.5 Å². The van der Waals surface area contributed by atoms with E-state index in [4.69, 9.17) is 0 Å². The van der Waals surface area contributed by atoms with E-state index >= 15 is 0 Å². The molecule has 0 fully saturated rings. The predicted octanol–water partition coefficient (Wildman–Crippen LogP) is 5.93. The Morgan fingerprint density at radius 3 is 2.55 bits per heavy atom. The molecule has 2 heterocycles. The lowest BCUT2D eigenvalue weighted by molar-refractivity contribution is -0.137. The number of ketones is 1. The highest BCUT2D eigenvalue weighted by atomic mass is 32.1. The van der Waals surface area contributed by atoms with Gasteiger partial charge in [-0.1, -0.05) is 19.9 Å². The van der Waals surface area contributed by atoms with Gasteiger partial charge in [0.2, 0.25) is 5.91 Å². The maximum Gasteiger partial charge on any atom is 0.416 e. The Morgan fingerprint density at radius 2 is 1.90 bits per heavy atom. The number of hydrogen-bond acceptors (Lipinski definition) is 3. The SMILES string of the molecule is CC1(C)CC(=O)C2=C(C1)N(c1cccc(C(F)(F)F)c1)C(=O)CC2c1ccsc1. The Labute approximate surface area is 170 Å². The first-order valence-corrected chi connectivity index (χ1v) is 10.3. The Kier molecular flexibility index (Phi) is 4.69. The maximum atomic E-state index is 13.2. The predicted molar refractivity (Wildman–Crippen MR) is 106 cm³/mol. The minimum atomic E-state index is -4.51. The van der Waals surface area contributed by atoms with Crippen molar-refractivity contribution in [2.24, 2.45) is 5.41 Å². The normalized spacial score (nSPS) is 22.1. The van der Waals surface area contributed by atoms with Crippen LogP contribution in [-0.2, 0) is 15.8 Å². The first-order chi connectivity index (χ1) is 13.6. The van der Waals surface area contributed by atoms with Crippen molar-refractivity contribution in [3.63, 3.8) is 0 Å². The number of halogens is 3. The van der Waals surface area contributed by atoms with E-state index in [1.807, 2.05) is 30.7 Å². The van der Waals surface area contributed by atoms with Gasteiger partial charge in [0.05, 0.1) is 5.56 Å². The molecule has 1 atom stereocenters. The van der Waals surface area contributed by atoms with Gasteiger partial charge in [-0.05, 0) is 52.4 Å². The molecule has 0 spiro atoms. The first-order valence-electron chi connectivity index (χ1n) is 9.35. The summed E-state index contributed by atoms with van der Waals surface area (Å²) in [4.78, 5) is 27.6. The molecule has 29 heavy (non-hydrogen) atoms. The number of allylic oxidation sites excluding steroid dienone is 2. The number of Topliss-reactive ketones (excluding diaryl/α,β-unsaturated/α-hetero) is 1. The van der Waals surface area contributed by atoms with E-state index < -0.39 is 11.7 Å². The number of alkyl halides is 3. The van der Waals surface area contributed by atoms with E-state index in [1.54, 1.807) is 0 Å². The lowest BCUT2D eigenvalue weighted by Crippen LogP contribution is -2.43. The van der Waals surface area contributed by atoms with Gasteiger partial charge in [-0.3, -0.25) is 14.5 Å². The van der Waals surface area contributed by atoms with Gasteiger partial charge in [0.15, 0.2) is 5.78 Å². The molecule has 0 radical (unpaired) electrons. The molecule has 0 saturated heterocycles. The van der Waals surface area contributed by atoms with Crippen LogP contribution >= 0.6 is 11.3 Å². The van der Waals surface area contributed by atoms with Crippen LogP contribution in [0.4, 0.5) is 18.9 Å². The summed E-state index contributed by atoms with van der Waals surface area (Å²) in [5.41, 5.74) is 0.996. The quantitative estimate of drug-likeness (QED) is 0.605. The first kappa shape index (κ1) is 19.9. The molecule has 1 aromatic carbocycles. The van der Waals surface area contributed by atoms with E-state index in [0.717, 1.165) is 17.7 Å². The molecule has 0 saturated carbocycles. The van der Waals surface area contributed by atoms with Gasteiger partial charge in [0, 0.05) is 35.7 Å². The van der Waals surface area contributed by atoms with Crippen molar-refractivity contribution in [3.8, 4) is 0 Å². The van der Waals surface area contributed by atoms with Crippen LogP contribution in [0.5, 0.6) is 0 Å². The molecule has 7 heteroatoms. The number of nitrogens with zero attached hydrogens (tertiary/aromatic N) is 1. The Bertz CT molecular complexity index is 1010. The van der Waals surface area contributed by atoms with Gasteiger partial charge in [0.1, 0.15) is 0 Å². The van der Waals surface area contributed by atoms with Crippen LogP contribution in [0.3, 0.4) is 0 Å². The van der Waals surface area contributed by atoms with Crippen LogP contribution < -0.4 is 4.90 Å². The van der Waals surface area contributed by atoms with Crippen molar-refractivity contribution in [1.29, 1.82) is 0 Å². The number of rotatable bonds is 2. The highest BCUT2D eigenvalue weighted by Crippen LogP contribution is 2.48. The van der Waals surface area contributed by atoms with Crippen molar-refractivity contribution in [3.05, 3.63) is 63.5 Å². The van der Waals surface area contributed by atoms with E-state index in [2.05, 4.69) is 0 Å². The Morgan fingerprint density at radius 1 is 1.14 bits per heavy atom.